The number of hydrogen-bond donors (Lipinski definition) is 1. The molecule has 14 heavy (non-hydrogen) atoms. The fraction of sp³-hybridized carbons (Fsp3) is 0.538. The molecule has 0 aromatic heterocycles. The highest BCUT2D eigenvalue weighted by Gasteiger charge is 2.14. The molecule has 1 aromatic carbocycles. The van der Waals surface area contributed by atoms with Crippen molar-refractivity contribution in [3.05, 3.63) is 35.4 Å². The molecular weight excluding hydrogens is 188 g/mol. The maximum Gasteiger partial charge on any atom is 0.0154 e. The first-order valence-corrected chi connectivity index (χ1v) is 6.23. The Hall–Kier alpha value is -0.430. The Labute approximate surface area is 92.1 Å². The zero-order chi connectivity index (χ0) is 9.80. The number of benzene rings is 1. The van der Waals surface area contributed by atoms with Gasteiger partial charge >= 0.3 is 0 Å². The summed E-state index contributed by atoms with van der Waals surface area (Å²) in [6.07, 6.45) is 7.05. The third kappa shape index (κ3) is 2.33. The largest absolute Gasteiger partial charge is 0.175 e. The molecule has 1 aliphatic carbocycles. The molecule has 76 valence electrons. The summed E-state index contributed by atoms with van der Waals surface area (Å²) in [5.74, 6) is 1.68. The van der Waals surface area contributed by atoms with Crippen LogP contribution in [-0.4, -0.2) is 0 Å². The van der Waals surface area contributed by atoms with Gasteiger partial charge in [-0.15, -0.1) is 0 Å². The van der Waals surface area contributed by atoms with Gasteiger partial charge < -0.3 is 0 Å². The minimum absolute atomic E-state index is 0.831. The van der Waals surface area contributed by atoms with Crippen LogP contribution < -0.4 is 0 Å². The van der Waals surface area contributed by atoms with Crippen molar-refractivity contribution in [3.8, 4) is 0 Å². The van der Waals surface area contributed by atoms with E-state index in [-0.39, 0.29) is 0 Å². The molecule has 1 aromatic rings. The molecule has 0 unspecified atom stereocenters. The van der Waals surface area contributed by atoms with Crippen molar-refractivity contribution in [2.24, 2.45) is 0 Å². The van der Waals surface area contributed by atoms with E-state index in [1.54, 1.807) is 0 Å². The minimum atomic E-state index is 0.831. The van der Waals surface area contributed by atoms with Gasteiger partial charge in [-0.25, -0.2) is 0 Å². The number of rotatable bonds is 2. The van der Waals surface area contributed by atoms with Crippen LogP contribution in [0.3, 0.4) is 0 Å². The molecule has 0 heterocycles. The van der Waals surface area contributed by atoms with Crippen LogP contribution in [0.15, 0.2) is 24.3 Å². The second kappa shape index (κ2) is 4.88. The van der Waals surface area contributed by atoms with Crippen molar-refractivity contribution >= 4 is 12.6 Å². The molecule has 0 bridgehead atoms. The maximum atomic E-state index is 4.27. The van der Waals surface area contributed by atoms with Crippen molar-refractivity contribution < 1.29 is 0 Å². The summed E-state index contributed by atoms with van der Waals surface area (Å²) in [5, 5.41) is 0. The fourth-order valence-corrected chi connectivity index (χ4v) is 2.54. The molecule has 1 aliphatic rings. The highest BCUT2D eigenvalue weighted by molar-refractivity contribution is 7.79. The topological polar surface area (TPSA) is 0 Å². The van der Waals surface area contributed by atoms with Gasteiger partial charge in [0, 0.05) is 5.75 Å². The highest BCUT2D eigenvalue weighted by Crippen LogP contribution is 2.32. The van der Waals surface area contributed by atoms with Crippen molar-refractivity contribution in [2.45, 2.75) is 43.8 Å². The van der Waals surface area contributed by atoms with E-state index in [1.807, 2.05) is 0 Å². The fourth-order valence-electron chi connectivity index (χ4n) is 2.33. The summed E-state index contributed by atoms with van der Waals surface area (Å²) in [7, 11) is 0. The van der Waals surface area contributed by atoms with Crippen molar-refractivity contribution in [1.29, 1.82) is 0 Å². The molecule has 2 rings (SSSR count). The zero-order valence-electron chi connectivity index (χ0n) is 8.58. The van der Waals surface area contributed by atoms with E-state index >= 15 is 0 Å². The summed E-state index contributed by atoms with van der Waals surface area (Å²) >= 11 is 4.27. The van der Waals surface area contributed by atoms with Gasteiger partial charge in [0.15, 0.2) is 0 Å². The Morgan fingerprint density at radius 2 is 1.64 bits per heavy atom. The Morgan fingerprint density at radius 3 is 2.21 bits per heavy atom. The molecule has 1 heteroatoms. The molecule has 1 fully saturated rings. The van der Waals surface area contributed by atoms with Crippen LogP contribution in [0.1, 0.15) is 49.1 Å². The van der Waals surface area contributed by atoms with Crippen LogP contribution in [0.2, 0.25) is 0 Å². The van der Waals surface area contributed by atoms with Crippen molar-refractivity contribution in [3.63, 3.8) is 0 Å². The van der Waals surface area contributed by atoms with Gasteiger partial charge in [-0.1, -0.05) is 43.5 Å². The predicted octanol–water partition coefficient (Wildman–Crippen LogP) is 4.16. The molecule has 0 amide bonds. The normalized spacial score (nSPS) is 18.4. The van der Waals surface area contributed by atoms with Crippen LogP contribution in [0.4, 0.5) is 0 Å². The smallest absolute Gasteiger partial charge is 0.0154 e. The summed E-state index contributed by atoms with van der Waals surface area (Å²) in [6.45, 7) is 0. The van der Waals surface area contributed by atoms with Crippen LogP contribution in [0.25, 0.3) is 0 Å². The third-order valence-corrected chi connectivity index (χ3v) is 3.60. The van der Waals surface area contributed by atoms with Gasteiger partial charge in [0.25, 0.3) is 0 Å². The van der Waals surface area contributed by atoms with Crippen LogP contribution in [-0.2, 0) is 5.75 Å². The molecular formula is C13H18S. The monoisotopic (exact) mass is 206 g/mol. The second-order valence-electron chi connectivity index (χ2n) is 4.23. The highest BCUT2D eigenvalue weighted by atomic mass is 32.1. The van der Waals surface area contributed by atoms with E-state index in [4.69, 9.17) is 0 Å². The molecule has 0 radical (unpaired) electrons. The molecule has 0 aliphatic heterocycles. The summed E-state index contributed by atoms with van der Waals surface area (Å²) in [5.41, 5.74) is 2.86. The number of hydrogen-bond acceptors (Lipinski definition) is 1. The molecule has 0 N–H and O–H groups in total. The van der Waals surface area contributed by atoms with Crippen molar-refractivity contribution in [2.75, 3.05) is 0 Å². The van der Waals surface area contributed by atoms with Gasteiger partial charge in [0.05, 0.1) is 0 Å². The third-order valence-electron chi connectivity index (χ3n) is 3.24. The molecule has 0 nitrogen and oxygen atoms in total. The summed E-state index contributed by atoms with van der Waals surface area (Å²) in [4.78, 5) is 0. The van der Waals surface area contributed by atoms with Gasteiger partial charge in [0.2, 0.25) is 0 Å². The Morgan fingerprint density at radius 1 is 1.00 bits per heavy atom. The van der Waals surface area contributed by atoms with Crippen LogP contribution >= 0.6 is 12.6 Å². The number of thiol groups is 1. The van der Waals surface area contributed by atoms with Gasteiger partial charge in [-0.05, 0) is 29.9 Å². The van der Waals surface area contributed by atoms with Crippen LogP contribution in [0.5, 0.6) is 0 Å². The average Bonchev–Trinajstić information content (AvgIpc) is 2.30. The Balaban J connectivity index is 2.07. The molecule has 1 saturated carbocycles. The predicted molar refractivity (Wildman–Crippen MR) is 65.0 cm³/mol. The molecule has 0 saturated heterocycles. The first-order chi connectivity index (χ1) is 6.90. The maximum absolute atomic E-state index is 4.27. The lowest BCUT2D eigenvalue weighted by molar-refractivity contribution is 0.443. The first kappa shape index (κ1) is 10.1. The van der Waals surface area contributed by atoms with Gasteiger partial charge in [-0.2, -0.15) is 12.6 Å². The minimum Gasteiger partial charge on any atom is -0.175 e. The summed E-state index contributed by atoms with van der Waals surface area (Å²) in [6, 6.07) is 9.02. The van der Waals surface area contributed by atoms with E-state index < -0.39 is 0 Å². The lowest BCUT2D eigenvalue weighted by Crippen LogP contribution is -2.04. The van der Waals surface area contributed by atoms with E-state index in [9.17, 15) is 0 Å². The average molecular weight is 206 g/mol. The lowest BCUT2D eigenvalue weighted by Gasteiger charge is -2.21. The van der Waals surface area contributed by atoms with E-state index in [0.717, 1.165) is 11.7 Å². The Bertz CT molecular complexity index is 270. The quantitative estimate of drug-likeness (QED) is 0.690. The van der Waals surface area contributed by atoms with E-state index in [0.29, 0.717) is 0 Å². The standard InChI is InChI=1S/C13H18S/c14-10-11-6-8-13(9-7-11)12-4-2-1-3-5-12/h6-9,12,14H,1-5,10H2. The first-order valence-electron chi connectivity index (χ1n) is 5.60. The van der Waals surface area contributed by atoms with Crippen LogP contribution in [0, 0.1) is 0 Å². The molecule has 0 spiro atoms. The second-order valence-corrected chi connectivity index (χ2v) is 4.55. The van der Waals surface area contributed by atoms with E-state index in [1.165, 1.54) is 43.2 Å². The van der Waals surface area contributed by atoms with Gasteiger partial charge in [-0.3, -0.25) is 0 Å². The SMILES string of the molecule is SCc1ccc(C2CCCCC2)cc1. The lowest BCUT2D eigenvalue weighted by atomic mass is 9.84. The zero-order valence-corrected chi connectivity index (χ0v) is 9.47. The van der Waals surface area contributed by atoms with E-state index in [2.05, 4.69) is 36.9 Å². The van der Waals surface area contributed by atoms with Crippen molar-refractivity contribution in [1.82, 2.24) is 0 Å². The van der Waals surface area contributed by atoms with Gasteiger partial charge in [0.1, 0.15) is 0 Å². The Kier molecular flexibility index (Phi) is 3.52. The summed E-state index contributed by atoms with van der Waals surface area (Å²) < 4.78 is 0. The molecule has 0 atom stereocenters.